The number of anilines is 2. The number of alkyl halides is 2. The molecule has 1 aromatic heterocycles. The van der Waals surface area contributed by atoms with Crippen molar-refractivity contribution in [1.82, 2.24) is 19.2 Å². The highest BCUT2D eigenvalue weighted by atomic mass is 32.2. The molecule has 3 aliphatic heterocycles. The van der Waals surface area contributed by atoms with Crippen LogP contribution in [0.2, 0.25) is 0 Å². The van der Waals surface area contributed by atoms with Gasteiger partial charge in [-0.2, -0.15) is 0 Å². The van der Waals surface area contributed by atoms with Crippen LogP contribution in [-0.2, 0) is 0 Å². The molecule has 4 heterocycles. The van der Waals surface area contributed by atoms with Gasteiger partial charge in [-0.25, -0.2) is 18.7 Å². The van der Waals surface area contributed by atoms with Gasteiger partial charge in [0.25, 0.3) is 6.43 Å². The number of nitrogen functional groups attached to an aromatic ring is 1. The number of halogens is 2. The summed E-state index contributed by atoms with van der Waals surface area (Å²) in [5, 5.41) is 0.611. The molecule has 1 aliphatic carbocycles. The van der Waals surface area contributed by atoms with E-state index in [0.717, 1.165) is 56.5 Å². The lowest BCUT2D eigenvalue weighted by Gasteiger charge is -2.26. The number of rotatable bonds is 3. The largest absolute Gasteiger partial charge is 0.369 e. The van der Waals surface area contributed by atoms with E-state index >= 15 is 0 Å². The summed E-state index contributed by atoms with van der Waals surface area (Å²) in [4.78, 5) is 12.9. The van der Waals surface area contributed by atoms with Crippen LogP contribution in [0.4, 0.5) is 20.4 Å². The van der Waals surface area contributed by atoms with Crippen molar-refractivity contribution in [3.8, 4) is 0 Å². The molecule has 3 atom stereocenters. The second kappa shape index (κ2) is 8.57. The van der Waals surface area contributed by atoms with E-state index in [1.807, 2.05) is 0 Å². The van der Waals surface area contributed by atoms with Crippen molar-refractivity contribution in [3.63, 3.8) is 0 Å². The fourth-order valence-corrected chi connectivity index (χ4v) is 6.36. The van der Waals surface area contributed by atoms with E-state index in [1.54, 1.807) is 18.0 Å². The average Bonchev–Trinajstić information content (AvgIpc) is 3.13. The SMILES string of the molecule is CN1CC2CC2C1.CSN1CCC2(CCN(c3cc(C(F)F)cc4cnc(N)nc34)C2)C1. The third-order valence-electron chi connectivity index (χ3n) is 7.56. The Labute approximate surface area is 192 Å². The maximum absolute atomic E-state index is 13.3. The van der Waals surface area contributed by atoms with E-state index in [2.05, 4.69) is 37.4 Å². The first kappa shape index (κ1) is 22.1. The smallest absolute Gasteiger partial charge is 0.263 e. The summed E-state index contributed by atoms with van der Waals surface area (Å²) in [6, 6.07) is 3.03. The van der Waals surface area contributed by atoms with Gasteiger partial charge in [0.2, 0.25) is 5.95 Å². The van der Waals surface area contributed by atoms with Crippen LogP contribution >= 0.6 is 11.9 Å². The van der Waals surface area contributed by atoms with Crippen molar-refractivity contribution in [2.45, 2.75) is 25.7 Å². The molecule has 0 amide bonds. The zero-order chi connectivity index (χ0) is 22.5. The van der Waals surface area contributed by atoms with Crippen molar-refractivity contribution >= 4 is 34.5 Å². The van der Waals surface area contributed by atoms with Gasteiger partial charge in [0, 0.05) is 61.8 Å². The summed E-state index contributed by atoms with van der Waals surface area (Å²) in [6.07, 6.45) is 4.87. The maximum Gasteiger partial charge on any atom is 0.263 e. The van der Waals surface area contributed by atoms with E-state index in [9.17, 15) is 8.78 Å². The van der Waals surface area contributed by atoms with Crippen LogP contribution in [0, 0.1) is 17.3 Å². The number of piperidine rings is 1. The van der Waals surface area contributed by atoms with E-state index in [1.165, 1.54) is 31.8 Å². The lowest BCUT2D eigenvalue weighted by molar-refractivity contribution is 0.151. The maximum atomic E-state index is 13.3. The first-order valence-electron chi connectivity index (χ1n) is 11.4. The van der Waals surface area contributed by atoms with Crippen LogP contribution in [0.25, 0.3) is 10.9 Å². The van der Waals surface area contributed by atoms with E-state index < -0.39 is 6.43 Å². The third kappa shape index (κ3) is 4.39. The van der Waals surface area contributed by atoms with Gasteiger partial charge in [-0.3, -0.25) is 4.31 Å². The number of likely N-dealkylation sites (tertiary alicyclic amines) is 1. The third-order valence-corrected chi connectivity index (χ3v) is 8.39. The normalized spacial score (nSPS) is 29.7. The number of fused-ring (bicyclic) bond motifs is 2. The Balaban J connectivity index is 0.000000259. The van der Waals surface area contributed by atoms with Crippen molar-refractivity contribution in [1.29, 1.82) is 0 Å². The Morgan fingerprint density at radius 1 is 1.16 bits per heavy atom. The first-order valence-corrected chi connectivity index (χ1v) is 12.6. The first-order chi connectivity index (χ1) is 15.4. The van der Waals surface area contributed by atoms with Crippen LogP contribution in [0.5, 0.6) is 0 Å². The Morgan fingerprint density at radius 3 is 2.53 bits per heavy atom. The van der Waals surface area contributed by atoms with Crippen molar-refractivity contribution in [2.75, 3.05) is 63.2 Å². The summed E-state index contributed by atoms with van der Waals surface area (Å²) >= 11 is 1.78. The van der Waals surface area contributed by atoms with Crippen LogP contribution in [-0.4, -0.2) is 71.7 Å². The van der Waals surface area contributed by atoms with Crippen LogP contribution < -0.4 is 10.6 Å². The molecule has 4 fully saturated rings. The minimum atomic E-state index is -2.52. The molecule has 4 aliphatic rings. The molecular weight excluding hydrogens is 430 g/mol. The van der Waals surface area contributed by atoms with Gasteiger partial charge in [-0.15, -0.1) is 0 Å². The van der Waals surface area contributed by atoms with Crippen LogP contribution in [0.15, 0.2) is 18.3 Å². The fourth-order valence-electron chi connectivity index (χ4n) is 5.69. The van der Waals surface area contributed by atoms with Crippen molar-refractivity contribution < 1.29 is 8.78 Å². The summed E-state index contributed by atoms with van der Waals surface area (Å²) in [5.74, 6) is 2.40. The molecule has 6 nitrogen and oxygen atoms in total. The monoisotopic (exact) mass is 462 g/mol. The van der Waals surface area contributed by atoms with Gasteiger partial charge in [-0.05, 0) is 56.5 Å². The molecule has 9 heteroatoms. The fraction of sp³-hybridized carbons (Fsp3) is 0.652. The van der Waals surface area contributed by atoms with E-state index in [0.29, 0.717) is 10.9 Å². The molecule has 2 aromatic rings. The average molecular weight is 463 g/mol. The predicted octanol–water partition coefficient (Wildman–Crippen LogP) is 3.90. The van der Waals surface area contributed by atoms with Crippen LogP contribution in [0.3, 0.4) is 0 Å². The van der Waals surface area contributed by atoms with E-state index in [4.69, 9.17) is 5.73 Å². The Hall–Kier alpha value is -1.71. The zero-order valence-corrected chi connectivity index (χ0v) is 19.6. The molecule has 3 saturated heterocycles. The van der Waals surface area contributed by atoms with Crippen molar-refractivity contribution in [3.05, 3.63) is 23.9 Å². The molecule has 2 N–H and O–H groups in total. The van der Waals surface area contributed by atoms with Gasteiger partial charge in [0.15, 0.2) is 0 Å². The number of aromatic nitrogens is 2. The highest BCUT2D eigenvalue weighted by Gasteiger charge is 2.44. The molecule has 3 unspecified atom stereocenters. The number of benzene rings is 1. The number of hydrogen-bond donors (Lipinski definition) is 1. The quantitative estimate of drug-likeness (QED) is 0.694. The van der Waals surface area contributed by atoms with Gasteiger partial charge >= 0.3 is 0 Å². The summed E-state index contributed by atoms with van der Waals surface area (Å²) in [5.41, 5.74) is 7.41. The lowest BCUT2D eigenvalue weighted by atomic mass is 9.86. The minimum absolute atomic E-state index is 0.00832. The Kier molecular flexibility index (Phi) is 5.92. The number of nitrogens with zero attached hydrogens (tertiary/aromatic N) is 5. The number of hydrogen-bond acceptors (Lipinski definition) is 7. The lowest BCUT2D eigenvalue weighted by Crippen LogP contribution is -2.29. The minimum Gasteiger partial charge on any atom is -0.369 e. The zero-order valence-electron chi connectivity index (χ0n) is 18.8. The molecule has 1 aromatic carbocycles. The van der Waals surface area contributed by atoms with Gasteiger partial charge in [0.1, 0.15) is 0 Å². The Bertz CT molecular complexity index is 980. The second-order valence-corrected chi connectivity index (χ2v) is 10.8. The van der Waals surface area contributed by atoms with Crippen LogP contribution in [0.1, 0.15) is 31.3 Å². The Morgan fingerprint density at radius 2 is 1.91 bits per heavy atom. The van der Waals surface area contributed by atoms with Gasteiger partial charge in [0.05, 0.1) is 11.2 Å². The molecule has 0 bridgehead atoms. The highest BCUT2D eigenvalue weighted by molar-refractivity contribution is 7.96. The van der Waals surface area contributed by atoms with Gasteiger partial charge < -0.3 is 15.5 Å². The van der Waals surface area contributed by atoms with Crippen molar-refractivity contribution in [2.24, 2.45) is 17.3 Å². The summed E-state index contributed by atoms with van der Waals surface area (Å²) in [7, 11) is 2.21. The number of nitrogens with two attached hydrogens (primary N) is 1. The predicted molar refractivity (Wildman–Crippen MR) is 127 cm³/mol. The molecule has 1 spiro atoms. The molecule has 1 saturated carbocycles. The van der Waals surface area contributed by atoms with E-state index in [-0.39, 0.29) is 16.9 Å². The molecule has 32 heavy (non-hydrogen) atoms. The summed E-state index contributed by atoms with van der Waals surface area (Å²) < 4.78 is 29.1. The summed E-state index contributed by atoms with van der Waals surface area (Å²) in [6.45, 7) is 6.62. The molecule has 0 radical (unpaired) electrons. The molecular formula is C23H32F2N6S. The topological polar surface area (TPSA) is 61.5 Å². The van der Waals surface area contributed by atoms with Gasteiger partial charge in [-0.1, -0.05) is 11.9 Å². The standard InChI is InChI=1S/C17H21F2N5S.C6H11N/c1-25-24-5-3-17(10-24)2-4-23(9-17)13-7-11(15(18)19)6-12-8-21-16(20)22-14(12)13;1-7-3-5-2-6(5)4-7/h6-8,15H,2-5,9-10H2,1H3,(H2,20,21,22);5-6H,2-4H2,1H3. The second-order valence-electron chi connectivity index (χ2n) is 9.95. The molecule has 6 rings (SSSR count). The molecule has 174 valence electrons. The highest BCUT2D eigenvalue weighted by Crippen LogP contribution is 2.45.